The summed E-state index contributed by atoms with van der Waals surface area (Å²) in [5.41, 5.74) is 0. The van der Waals surface area contributed by atoms with Crippen LogP contribution in [0.3, 0.4) is 0 Å². The fraction of sp³-hybridized carbons (Fsp3) is 0.929. The third kappa shape index (κ3) is 13.6. The lowest BCUT2D eigenvalue weighted by Gasteiger charge is -2.10. The van der Waals surface area contributed by atoms with Crippen molar-refractivity contribution in [1.82, 2.24) is 10.6 Å². The Balaban J connectivity index is 3.18. The van der Waals surface area contributed by atoms with Crippen LogP contribution in [0.5, 0.6) is 0 Å². The number of carbonyl (C=O) groups excluding carboxylic acids is 1. The quantitative estimate of drug-likeness (QED) is 0.495. The molecule has 0 aromatic rings. The molecule has 1 unspecified atom stereocenters. The lowest BCUT2D eigenvalue weighted by Crippen LogP contribution is -2.29. The van der Waals surface area contributed by atoms with Crippen molar-refractivity contribution in [2.45, 2.75) is 33.6 Å². The molecule has 19 heavy (non-hydrogen) atoms. The van der Waals surface area contributed by atoms with E-state index in [2.05, 4.69) is 31.4 Å². The highest BCUT2D eigenvalue weighted by Gasteiger charge is 2.03. The summed E-state index contributed by atoms with van der Waals surface area (Å²) in [6, 6.07) is 0. The topological polar surface area (TPSA) is 59.6 Å². The van der Waals surface area contributed by atoms with Gasteiger partial charge in [0.1, 0.15) is 0 Å². The summed E-state index contributed by atoms with van der Waals surface area (Å²) in [6.07, 6.45) is 1.51. The fourth-order valence-electron chi connectivity index (χ4n) is 1.33. The zero-order valence-corrected chi connectivity index (χ0v) is 12.7. The minimum Gasteiger partial charge on any atom is -0.379 e. The Morgan fingerprint density at radius 3 is 2.42 bits per heavy atom. The second-order valence-corrected chi connectivity index (χ2v) is 4.65. The monoisotopic (exact) mass is 274 g/mol. The average Bonchev–Trinajstić information content (AvgIpc) is 2.42. The van der Waals surface area contributed by atoms with E-state index in [1.807, 2.05) is 0 Å². The van der Waals surface area contributed by atoms with Gasteiger partial charge in [-0.15, -0.1) is 0 Å². The summed E-state index contributed by atoms with van der Waals surface area (Å²) in [5, 5.41) is 6.07. The van der Waals surface area contributed by atoms with Gasteiger partial charge in [0, 0.05) is 19.5 Å². The molecule has 0 radical (unpaired) electrons. The maximum Gasteiger partial charge on any atom is 0.222 e. The Hall–Kier alpha value is -0.650. The van der Waals surface area contributed by atoms with Crippen LogP contribution >= 0.6 is 0 Å². The third-order valence-electron chi connectivity index (χ3n) is 2.86. The standard InChI is InChI=1S/C14H30N2O3/c1-4-13(3)12-16-14(17)6-8-18-10-11-19-9-7-15-5-2/h13,15H,4-12H2,1-3H3,(H,16,17). The van der Waals surface area contributed by atoms with Gasteiger partial charge in [-0.25, -0.2) is 0 Å². The Morgan fingerprint density at radius 1 is 1.11 bits per heavy atom. The van der Waals surface area contributed by atoms with Crippen molar-refractivity contribution in [3.05, 3.63) is 0 Å². The largest absolute Gasteiger partial charge is 0.379 e. The molecule has 0 aromatic carbocycles. The predicted octanol–water partition coefficient (Wildman–Crippen LogP) is 1.18. The summed E-state index contributed by atoms with van der Waals surface area (Å²) < 4.78 is 10.7. The molecule has 5 nitrogen and oxygen atoms in total. The van der Waals surface area contributed by atoms with Crippen LogP contribution in [-0.2, 0) is 14.3 Å². The first kappa shape index (κ1) is 18.4. The third-order valence-corrected chi connectivity index (χ3v) is 2.86. The average molecular weight is 274 g/mol. The van der Waals surface area contributed by atoms with Crippen molar-refractivity contribution in [3.63, 3.8) is 0 Å². The molecule has 0 fully saturated rings. The van der Waals surface area contributed by atoms with E-state index in [4.69, 9.17) is 9.47 Å². The van der Waals surface area contributed by atoms with Gasteiger partial charge in [0.15, 0.2) is 0 Å². The summed E-state index contributed by atoms with van der Waals surface area (Å²) in [7, 11) is 0. The molecule has 114 valence electrons. The van der Waals surface area contributed by atoms with Crippen LogP contribution < -0.4 is 10.6 Å². The van der Waals surface area contributed by atoms with Crippen molar-refractivity contribution in [2.24, 2.45) is 5.92 Å². The van der Waals surface area contributed by atoms with E-state index in [-0.39, 0.29) is 5.91 Å². The van der Waals surface area contributed by atoms with Crippen LogP contribution in [0.2, 0.25) is 0 Å². The van der Waals surface area contributed by atoms with E-state index in [0.717, 1.165) is 26.1 Å². The van der Waals surface area contributed by atoms with Crippen molar-refractivity contribution in [2.75, 3.05) is 46.1 Å². The predicted molar refractivity (Wildman–Crippen MR) is 77.3 cm³/mol. The molecule has 1 amide bonds. The van der Waals surface area contributed by atoms with Gasteiger partial charge in [-0.1, -0.05) is 27.2 Å². The molecule has 0 aliphatic heterocycles. The summed E-state index contributed by atoms with van der Waals surface area (Å²) >= 11 is 0. The summed E-state index contributed by atoms with van der Waals surface area (Å²) in [6.45, 7) is 11.2. The highest BCUT2D eigenvalue weighted by molar-refractivity contribution is 5.75. The molecule has 0 rings (SSSR count). The summed E-state index contributed by atoms with van der Waals surface area (Å²) in [4.78, 5) is 11.4. The minimum absolute atomic E-state index is 0.0633. The van der Waals surface area contributed by atoms with E-state index in [1.54, 1.807) is 0 Å². The Bertz CT molecular complexity index is 213. The van der Waals surface area contributed by atoms with Gasteiger partial charge in [-0.3, -0.25) is 4.79 Å². The number of likely N-dealkylation sites (N-methyl/N-ethyl adjacent to an activating group) is 1. The zero-order valence-electron chi connectivity index (χ0n) is 12.7. The highest BCUT2D eigenvalue weighted by Crippen LogP contribution is 1.97. The van der Waals surface area contributed by atoms with Gasteiger partial charge in [0.25, 0.3) is 0 Å². The first-order chi connectivity index (χ1) is 9.20. The van der Waals surface area contributed by atoms with Crippen LogP contribution in [0.15, 0.2) is 0 Å². The van der Waals surface area contributed by atoms with Gasteiger partial charge in [-0.2, -0.15) is 0 Å². The van der Waals surface area contributed by atoms with E-state index in [1.165, 1.54) is 0 Å². The molecule has 0 saturated heterocycles. The minimum atomic E-state index is 0.0633. The Kier molecular flexibility index (Phi) is 13.3. The molecule has 0 saturated carbocycles. The maximum absolute atomic E-state index is 11.4. The highest BCUT2D eigenvalue weighted by atomic mass is 16.5. The van der Waals surface area contributed by atoms with Crippen LogP contribution in [0.1, 0.15) is 33.6 Å². The van der Waals surface area contributed by atoms with Gasteiger partial charge in [0.2, 0.25) is 5.91 Å². The molecule has 0 aromatic heterocycles. The number of ether oxygens (including phenoxy) is 2. The molecular formula is C14H30N2O3. The number of hydrogen-bond donors (Lipinski definition) is 2. The lowest BCUT2D eigenvalue weighted by molar-refractivity contribution is -0.122. The summed E-state index contributed by atoms with van der Waals surface area (Å²) in [5.74, 6) is 0.600. The van der Waals surface area contributed by atoms with Crippen LogP contribution in [-0.4, -0.2) is 52.0 Å². The number of carbonyl (C=O) groups is 1. The van der Waals surface area contributed by atoms with Gasteiger partial charge < -0.3 is 20.1 Å². The van der Waals surface area contributed by atoms with Crippen LogP contribution in [0.4, 0.5) is 0 Å². The smallest absolute Gasteiger partial charge is 0.222 e. The molecule has 0 aliphatic rings. The van der Waals surface area contributed by atoms with E-state index < -0.39 is 0 Å². The number of amides is 1. The van der Waals surface area contributed by atoms with E-state index in [0.29, 0.717) is 38.8 Å². The zero-order chi connectivity index (χ0) is 14.3. The molecule has 0 aliphatic carbocycles. The molecule has 2 N–H and O–H groups in total. The number of hydrogen-bond acceptors (Lipinski definition) is 4. The lowest BCUT2D eigenvalue weighted by atomic mass is 10.1. The number of rotatable bonds is 13. The second kappa shape index (κ2) is 13.8. The van der Waals surface area contributed by atoms with Gasteiger partial charge in [-0.05, 0) is 12.5 Å². The van der Waals surface area contributed by atoms with Crippen LogP contribution in [0, 0.1) is 5.92 Å². The molecule has 0 bridgehead atoms. The van der Waals surface area contributed by atoms with Crippen molar-refractivity contribution in [3.8, 4) is 0 Å². The van der Waals surface area contributed by atoms with Crippen molar-refractivity contribution in [1.29, 1.82) is 0 Å². The first-order valence-corrected chi connectivity index (χ1v) is 7.33. The Morgan fingerprint density at radius 2 is 1.79 bits per heavy atom. The van der Waals surface area contributed by atoms with E-state index in [9.17, 15) is 4.79 Å². The molecule has 1 atom stereocenters. The van der Waals surface area contributed by atoms with Gasteiger partial charge >= 0.3 is 0 Å². The number of nitrogens with one attached hydrogen (secondary N) is 2. The van der Waals surface area contributed by atoms with Crippen molar-refractivity contribution >= 4 is 5.91 Å². The Labute approximate surface area is 117 Å². The van der Waals surface area contributed by atoms with Crippen LogP contribution in [0.25, 0.3) is 0 Å². The molecular weight excluding hydrogens is 244 g/mol. The molecule has 0 spiro atoms. The first-order valence-electron chi connectivity index (χ1n) is 7.33. The second-order valence-electron chi connectivity index (χ2n) is 4.65. The maximum atomic E-state index is 11.4. The SMILES string of the molecule is CCNCCOCCOCCC(=O)NCC(C)CC. The fourth-order valence-corrected chi connectivity index (χ4v) is 1.33. The van der Waals surface area contributed by atoms with E-state index >= 15 is 0 Å². The normalized spacial score (nSPS) is 12.4. The van der Waals surface area contributed by atoms with Gasteiger partial charge in [0.05, 0.1) is 26.4 Å². The molecule has 0 heterocycles. The van der Waals surface area contributed by atoms with Crippen molar-refractivity contribution < 1.29 is 14.3 Å². The molecule has 5 heteroatoms.